The first-order valence-corrected chi connectivity index (χ1v) is 6.74. The number of fused-ring (bicyclic) bond motifs is 1. The summed E-state index contributed by atoms with van der Waals surface area (Å²) in [6, 6.07) is 6.07. The first kappa shape index (κ1) is 13.2. The molecule has 0 aliphatic carbocycles. The molecule has 3 nitrogen and oxygen atoms in total. The molecule has 0 saturated carbocycles. The second-order valence-electron chi connectivity index (χ2n) is 5.30. The van der Waals surface area contributed by atoms with Crippen LogP contribution in [0.2, 0.25) is 0 Å². The summed E-state index contributed by atoms with van der Waals surface area (Å²) >= 11 is 0. The van der Waals surface area contributed by atoms with Crippen LogP contribution < -0.4 is 15.2 Å². The molecule has 0 saturated heterocycles. The van der Waals surface area contributed by atoms with Crippen molar-refractivity contribution in [1.82, 2.24) is 0 Å². The first-order chi connectivity index (χ1) is 8.55. The van der Waals surface area contributed by atoms with Gasteiger partial charge in [0.2, 0.25) is 0 Å². The largest absolute Gasteiger partial charge is 0.490 e. The van der Waals surface area contributed by atoms with Crippen molar-refractivity contribution in [3.63, 3.8) is 0 Å². The zero-order valence-corrected chi connectivity index (χ0v) is 11.5. The molecule has 2 N–H and O–H groups in total. The predicted octanol–water partition coefficient (Wildman–Crippen LogP) is 3.07. The Kier molecular flexibility index (Phi) is 3.81. The second-order valence-corrected chi connectivity index (χ2v) is 5.30. The van der Waals surface area contributed by atoms with Crippen LogP contribution in [0.1, 0.15) is 39.2 Å². The number of rotatable bonds is 3. The minimum atomic E-state index is -0.334. The van der Waals surface area contributed by atoms with E-state index in [0.717, 1.165) is 36.5 Å². The van der Waals surface area contributed by atoms with E-state index < -0.39 is 0 Å². The molecular weight excluding hydrogens is 226 g/mol. The summed E-state index contributed by atoms with van der Waals surface area (Å²) in [6.45, 7) is 7.86. The standard InChI is InChI=1S/C15H23NO2/c1-4-11(2)15(3,16)12-6-7-13-14(10-12)18-9-5-8-17-13/h6-7,10-11H,4-5,8-9,16H2,1-3H3. The van der Waals surface area contributed by atoms with Gasteiger partial charge in [0, 0.05) is 12.0 Å². The van der Waals surface area contributed by atoms with E-state index in [-0.39, 0.29) is 5.54 Å². The van der Waals surface area contributed by atoms with Crippen molar-refractivity contribution >= 4 is 0 Å². The van der Waals surface area contributed by atoms with Gasteiger partial charge in [-0.05, 0) is 30.5 Å². The lowest BCUT2D eigenvalue weighted by atomic mass is 9.80. The van der Waals surface area contributed by atoms with Crippen LogP contribution in [0, 0.1) is 5.92 Å². The van der Waals surface area contributed by atoms with Crippen molar-refractivity contribution < 1.29 is 9.47 Å². The Labute approximate surface area is 109 Å². The van der Waals surface area contributed by atoms with Crippen molar-refractivity contribution in [3.05, 3.63) is 23.8 Å². The Morgan fingerprint density at radius 1 is 1.28 bits per heavy atom. The molecule has 0 amide bonds. The maximum Gasteiger partial charge on any atom is 0.161 e. The minimum absolute atomic E-state index is 0.334. The van der Waals surface area contributed by atoms with E-state index in [0.29, 0.717) is 12.5 Å². The molecular formula is C15H23NO2. The molecule has 100 valence electrons. The molecule has 1 aliphatic rings. The molecule has 1 aliphatic heterocycles. The summed E-state index contributed by atoms with van der Waals surface area (Å²) < 4.78 is 11.4. The van der Waals surface area contributed by atoms with Gasteiger partial charge in [-0.15, -0.1) is 0 Å². The highest BCUT2D eigenvalue weighted by molar-refractivity contribution is 5.45. The summed E-state index contributed by atoms with van der Waals surface area (Å²) in [6.07, 6.45) is 1.98. The monoisotopic (exact) mass is 249 g/mol. The van der Waals surface area contributed by atoms with E-state index in [1.54, 1.807) is 0 Å². The number of benzene rings is 1. The van der Waals surface area contributed by atoms with Crippen LogP contribution in [0.4, 0.5) is 0 Å². The van der Waals surface area contributed by atoms with E-state index in [1.807, 2.05) is 12.1 Å². The van der Waals surface area contributed by atoms with Gasteiger partial charge in [0.1, 0.15) is 0 Å². The summed E-state index contributed by atoms with van der Waals surface area (Å²) in [5, 5.41) is 0. The first-order valence-electron chi connectivity index (χ1n) is 6.74. The van der Waals surface area contributed by atoms with Crippen LogP contribution in [0.3, 0.4) is 0 Å². The highest BCUT2D eigenvalue weighted by Gasteiger charge is 2.28. The smallest absolute Gasteiger partial charge is 0.161 e. The summed E-state index contributed by atoms with van der Waals surface area (Å²) in [7, 11) is 0. The third kappa shape index (κ3) is 2.46. The van der Waals surface area contributed by atoms with Gasteiger partial charge < -0.3 is 15.2 Å². The molecule has 0 aromatic heterocycles. The van der Waals surface area contributed by atoms with Gasteiger partial charge in [0.15, 0.2) is 11.5 Å². The van der Waals surface area contributed by atoms with Crippen LogP contribution in [-0.2, 0) is 5.54 Å². The number of nitrogens with two attached hydrogens (primary N) is 1. The molecule has 0 bridgehead atoms. The number of ether oxygens (including phenoxy) is 2. The van der Waals surface area contributed by atoms with Crippen molar-refractivity contribution in [2.24, 2.45) is 11.7 Å². The second kappa shape index (κ2) is 5.19. The van der Waals surface area contributed by atoms with Gasteiger partial charge >= 0.3 is 0 Å². The summed E-state index contributed by atoms with van der Waals surface area (Å²) in [4.78, 5) is 0. The molecule has 3 heteroatoms. The SMILES string of the molecule is CCC(C)C(C)(N)c1ccc2c(c1)OCCCO2. The average molecular weight is 249 g/mol. The maximum atomic E-state index is 6.47. The van der Waals surface area contributed by atoms with E-state index in [4.69, 9.17) is 15.2 Å². The number of hydrogen-bond acceptors (Lipinski definition) is 3. The fraction of sp³-hybridized carbons (Fsp3) is 0.600. The summed E-state index contributed by atoms with van der Waals surface area (Å²) in [5.74, 6) is 2.07. The topological polar surface area (TPSA) is 44.5 Å². The minimum Gasteiger partial charge on any atom is -0.490 e. The van der Waals surface area contributed by atoms with Gasteiger partial charge in [-0.2, -0.15) is 0 Å². The van der Waals surface area contributed by atoms with Crippen molar-refractivity contribution in [2.45, 2.75) is 39.2 Å². The van der Waals surface area contributed by atoms with Gasteiger partial charge in [-0.25, -0.2) is 0 Å². The quantitative estimate of drug-likeness (QED) is 0.895. The van der Waals surface area contributed by atoms with E-state index in [1.165, 1.54) is 0 Å². The van der Waals surface area contributed by atoms with Crippen molar-refractivity contribution in [1.29, 1.82) is 0 Å². The zero-order valence-electron chi connectivity index (χ0n) is 11.5. The van der Waals surface area contributed by atoms with Crippen LogP contribution >= 0.6 is 0 Å². The molecule has 2 unspecified atom stereocenters. The molecule has 0 fully saturated rings. The lowest BCUT2D eigenvalue weighted by Gasteiger charge is -2.32. The predicted molar refractivity (Wildman–Crippen MR) is 73.0 cm³/mol. The highest BCUT2D eigenvalue weighted by atomic mass is 16.5. The zero-order chi connectivity index (χ0) is 13.2. The molecule has 0 radical (unpaired) electrons. The fourth-order valence-corrected chi connectivity index (χ4v) is 2.21. The molecule has 2 atom stereocenters. The Hall–Kier alpha value is -1.22. The van der Waals surface area contributed by atoms with Gasteiger partial charge in [-0.3, -0.25) is 0 Å². The normalized spacial score (nSPS) is 19.8. The van der Waals surface area contributed by atoms with Crippen molar-refractivity contribution in [3.8, 4) is 11.5 Å². The molecule has 1 heterocycles. The van der Waals surface area contributed by atoms with Gasteiger partial charge in [0.05, 0.1) is 13.2 Å². The molecule has 1 aromatic rings. The Bertz CT molecular complexity index is 415. The molecule has 2 rings (SSSR count). The molecule has 1 aromatic carbocycles. The summed E-state index contributed by atoms with van der Waals surface area (Å²) in [5.41, 5.74) is 7.25. The van der Waals surface area contributed by atoms with Crippen LogP contribution in [0.25, 0.3) is 0 Å². The Balaban J connectivity index is 2.33. The van der Waals surface area contributed by atoms with Crippen LogP contribution in [0.5, 0.6) is 11.5 Å². The van der Waals surface area contributed by atoms with Crippen LogP contribution in [-0.4, -0.2) is 13.2 Å². The molecule has 0 spiro atoms. The Morgan fingerprint density at radius 3 is 2.61 bits per heavy atom. The van der Waals surface area contributed by atoms with E-state index in [2.05, 4.69) is 26.8 Å². The van der Waals surface area contributed by atoms with Crippen molar-refractivity contribution in [2.75, 3.05) is 13.2 Å². The lowest BCUT2D eigenvalue weighted by Crippen LogP contribution is -2.39. The fourth-order valence-electron chi connectivity index (χ4n) is 2.21. The van der Waals surface area contributed by atoms with E-state index >= 15 is 0 Å². The van der Waals surface area contributed by atoms with Gasteiger partial charge in [0.25, 0.3) is 0 Å². The average Bonchev–Trinajstić information content (AvgIpc) is 2.61. The van der Waals surface area contributed by atoms with Crippen LogP contribution in [0.15, 0.2) is 18.2 Å². The lowest BCUT2D eigenvalue weighted by molar-refractivity contribution is 0.295. The van der Waals surface area contributed by atoms with Gasteiger partial charge in [-0.1, -0.05) is 26.3 Å². The molecule has 18 heavy (non-hydrogen) atoms. The van der Waals surface area contributed by atoms with E-state index in [9.17, 15) is 0 Å². The maximum absolute atomic E-state index is 6.47. The third-order valence-electron chi connectivity index (χ3n) is 4.01. The highest BCUT2D eigenvalue weighted by Crippen LogP contribution is 2.36. The third-order valence-corrected chi connectivity index (χ3v) is 4.01. The number of hydrogen-bond donors (Lipinski definition) is 1. The Morgan fingerprint density at radius 2 is 1.94 bits per heavy atom.